The fourth-order valence-electron chi connectivity index (χ4n) is 1.57. The lowest BCUT2D eigenvalue weighted by atomic mass is 10.0. The predicted molar refractivity (Wildman–Crippen MR) is 59.1 cm³/mol. The molecule has 0 fully saturated rings. The van der Waals surface area contributed by atoms with Crippen LogP contribution in [0.3, 0.4) is 0 Å². The average Bonchev–Trinajstić information content (AvgIpc) is 2.29. The number of carbonyl (C=O) groups excluding carboxylic acids is 1. The monoisotopic (exact) mass is 260 g/mol. The Bertz CT molecular complexity index is 439. The van der Waals surface area contributed by atoms with Gasteiger partial charge in [0, 0.05) is 6.54 Å². The predicted octanol–water partition coefficient (Wildman–Crippen LogP) is 1.29. The fraction of sp³-hybridized carbons (Fsp3) is 0.455. The summed E-state index contributed by atoms with van der Waals surface area (Å²) in [6.45, 7) is 1.65. The number of nitrogens with zero attached hydrogens (tertiary/aromatic N) is 1. The summed E-state index contributed by atoms with van der Waals surface area (Å²) in [6, 6.07) is 0. The molecule has 0 amide bonds. The number of aromatic nitrogens is 1. The summed E-state index contributed by atoms with van der Waals surface area (Å²) in [5.41, 5.74) is 4.85. The first-order valence-electron chi connectivity index (χ1n) is 5.34. The molecule has 7 heteroatoms. The van der Waals surface area contributed by atoms with Crippen molar-refractivity contribution < 1.29 is 23.4 Å². The van der Waals surface area contributed by atoms with Gasteiger partial charge in [-0.2, -0.15) is 0 Å². The molecular formula is C11H14F2N2O3. The van der Waals surface area contributed by atoms with Gasteiger partial charge in [0.25, 0.3) is 6.43 Å². The molecule has 3 N–H and O–H groups in total. The number of aromatic hydroxyl groups is 1. The molecule has 0 atom stereocenters. The molecule has 0 aliphatic rings. The second-order valence-corrected chi connectivity index (χ2v) is 3.47. The van der Waals surface area contributed by atoms with Gasteiger partial charge in [0.05, 0.1) is 30.5 Å². The quantitative estimate of drug-likeness (QED) is 0.779. The molecule has 0 saturated carbocycles. The lowest BCUT2D eigenvalue weighted by molar-refractivity contribution is -0.142. The highest BCUT2D eigenvalue weighted by Gasteiger charge is 2.23. The fourth-order valence-corrected chi connectivity index (χ4v) is 1.57. The highest BCUT2D eigenvalue weighted by molar-refractivity contribution is 5.74. The standard InChI is InChI=1S/C11H14F2N2O3/c1-2-18-9(17)3-6-7(4-14)15-5-8(16)10(6)11(12)13/h5,11,16H,2-4,14H2,1H3. The summed E-state index contributed by atoms with van der Waals surface area (Å²) < 4.78 is 30.4. The van der Waals surface area contributed by atoms with Crippen LogP contribution >= 0.6 is 0 Å². The van der Waals surface area contributed by atoms with Gasteiger partial charge in [-0.1, -0.05) is 0 Å². The van der Waals surface area contributed by atoms with Crippen LogP contribution in [0.5, 0.6) is 5.75 Å². The number of ether oxygens (including phenoxy) is 1. The topological polar surface area (TPSA) is 85.4 Å². The SMILES string of the molecule is CCOC(=O)Cc1c(CN)ncc(O)c1C(F)F. The Morgan fingerprint density at radius 1 is 1.61 bits per heavy atom. The normalized spacial score (nSPS) is 10.7. The lowest BCUT2D eigenvalue weighted by Crippen LogP contribution is -2.15. The van der Waals surface area contributed by atoms with E-state index in [4.69, 9.17) is 5.73 Å². The molecule has 0 aromatic carbocycles. The molecule has 1 aromatic heterocycles. The zero-order chi connectivity index (χ0) is 13.7. The van der Waals surface area contributed by atoms with E-state index in [9.17, 15) is 18.7 Å². The zero-order valence-corrected chi connectivity index (χ0v) is 9.82. The number of pyridine rings is 1. The zero-order valence-electron chi connectivity index (χ0n) is 9.82. The number of halogens is 2. The van der Waals surface area contributed by atoms with Gasteiger partial charge in [-0.3, -0.25) is 9.78 Å². The third kappa shape index (κ3) is 3.13. The Labute approximate surface area is 103 Å². The number of nitrogens with two attached hydrogens (primary N) is 1. The van der Waals surface area contributed by atoms with Gasteiger partial charge >= 0.3 is 5.97 Å². The second kappa shape index (κ2) is 6.25. The first-order chi connectivity index (χ1) is 8.51. The Morgan fingerprint density at radius 2 is 2.28 bits per heavy atom. The molecule has 0 radical (unpaired) electrons. The van der Waals surface area contributed by atoms with E-state index in [0.29, 0.717) is 0 Å². The van der Waals surface area contributed by atoms with E-state index in [1.807, 2.05) is 0 Å². The molecule has 0 saturated heterocycles. The van der Waals surface area contributed by atoms with E-state index in [2.05, 4.69) is 9.72 Å². The van der Waals surface area contributed by atoms with Crippen LogP contribution in [0.25, 0.3) is 0 Å². The molecule has 1 aromatic rings. The molecule has 1 heterocycles. The Hall–Kier alpha value is -1.76. The second-order valence-electron chi connectivity index (χ2n) is 3.47. The number of esters is 1. The maximum absolute atomic E-state index is 12.9. The van der Waals surface area contributed by atoms with Gasteiger partial charge in [-0.05, 0) is 12.5 Å². The summed E-state index contributed by atoms with van der Waals surface area (Å²) in [4.78, 5) is 15.1. The third-order valence-electron chi connectivity index (χ3n) is 2.33. The first-order valence-corrected chi connectivity index (χ1v) is 5.34. The average molecular weight is 260 g/mol. The van der Waals surface area contributed by atoms with Gasteiger partial charge in [-0.25, -0.2) is 8.78 Å². The number of carbonyl (C=O) groups is 1. The van der Waals surface area contributed by atoms with Crippen LogP contribution < -0.4 is 5.73 Å². The van der Waals surface area contributed by atoms with E-state index >= 15 is 0 Å². The van der Waals surface area contributed by atoms with Crippen LogP contribution in [0.1, 0.15) is 30.2 Å². The largest absolute Gasteiger partial charge is 0.506 e. The first kappa shape index (κ1) is 14.3. The van der Waals surface area contributed by atoms with Crippen molar-refractivity contribution in [3.05, 3.63) is 23.0 Å². The number of alkyl halides is 2. The number of rotatable bonds is 5. The van der Waals surface area contributed by atoms with Crippen LogP contribution in [-0.2, 0) is 22.5 Å². The number of hydrogen-bond donors (Lipinski definition) is 2. The lowest BCUT2D eigenvalue weighted by Gasteiger charge is -2.13. The van der Waals surface area contributed by atoms with Gasteiger partial charge < -0.3 is 15.6 Å². The molecule has 0 bridgehead atoms. The summed E-state index contributed by atoms with van der Waals surface area (Å²) in [5.74, 6) is -1.32. The highest BCUT2D eigenvalue weighted by Crippen LogP contribution is 2.32. The van der Waals surface area contributed by atoms with Crippen molar-refractivity contribution in [1.29, 1.82) is 0 Å². The van der Waals surface area contributed by atoms with Gasteiger partial charge in [0.15, 0.2) is 0 Å². The van der Waals surface area contributed by atoms with Crippen molar-refractivity contribution in [3.8, 4) is 5.75 Å². The van der Waals surface area contributed by atoms with E-state index in [1.54, 1.807) is 6.92 Å². The number of hydrogen-bond acceptors (Lipinski definition) is 5. The van der Waals surface area contributed by atoms with Crippen LogP contribution in [0.4, 0.5) is 8.78 Å². The molecule has 0 aliphatic carbocycles. The van der Waals surface area contributed by atoms with E-state index in [1.165, 1.54) is 0 Å². The molecule has 100 valence electrons. The van der Waals surface area contributed by atoms with Crippen molar-refractivity contribution in [2.24, 2.45) is 5.73 Å². The van der Waals surface area contributed by atoms with E-state index < -0.39 is 23.7 Å². The van der Waals surface area contributed by atoms with Crippen molar-refractivity contribution in [1.82, 2.24) is 4.98 Å². The van der Waals surface area contributed by atoms with Crippen molar-refractivity contribution in [2.75, 3.05) is 6.61 Å². The minimum Gasteiger partial charge on any atom is -0.506 e. The molecule has 1 rings (SSSR count). The van der Waals surface area contributed by atoms with Crippen LogP contribution in [0, 0.1) is 0 Å². The summed E-state index contributed by atoms with van der Waals surface area (Å²) in [6.07, 6.45) is -2.40. The van der Waals surface area contributed by atoms with E-state index in [-0.39, 0.29) is 30.8 Å². The Kier molecular flexibility index (Phi) is 4.96. The minimum atomic E-state index is -2.91. The molecule has 5 nitrogen and oxygen atoms in total. The summed E-state index contributed by atoms with van der Waals surface area (Å²) in [5, 5.41) is 9.39. The van der Waals surface area contributed by atoms with Crippen molar-refractivity contribution >= 4 is 5.97 Å². The molecule has 18 heavy (non-hydrogen) atoms. The summed E-state index contributed by atoms with van der Waals surface area (Å²) in [7, 11) is 0. The van der Waals surface area contributed by atoms with Crippen LogP contribution in [0.15, 0.2) is 6.20 Å². The van der Waals surface area contributed by atoms with Gasteiger partial charge in [-0.15, -0.1) is 0 Å². The highest BCUT2D eigenvalue weighted by atomic mass is 19.3. The van der Waals surface area contributed by atoms with Crippen molar-refractivity contribution in [2.45, 2.75) is 26.3 Å². The Balaban J connectivity index is 3.19. The van der Waals surface area contributed by atoms with Crippen LogP contribution in [0.2, 0.25) is 0 Å². The molecule has 0 aliphatic heterocycles. The van der Waals surface area contributed by atoms with Crippen molar-refractivity contribution in [3.63, 3.8) is 0 Å². The van der Waals surface area contributed by atoms with E-state index in [0.717, 1.165) is 6.20 Å². The molecule has 0 unspecified atom stereocenters. The Morgan fingerprint density at radius 3 is 2.78 bits per heavy atom. The smallest absolute Gasteiger partial charge is 0.310 e. The summed E-state index contributed by atoms with van der Waals surface area (Å²) >= 11 is 0. The minimum absolute atomic E-state index is 0.0639. The van der Waals surface area contributed by atoms with Gasteiger partial charge in [0.2, 0.25) is 0 Å². The van der Waals surface area contributed by atoms with Gasteiger partial charge in [0.1, 0.15) is 5.75 Å². The maximum atomic E-state index is 12.9. The molecule has 0 spiro atoms. The third-order valence-corrected chi connectivity index (χ3v) is 2.33. The van der Waals surface area contributed by atoms with Crippen LogP contribution in [-0.4, -0.2) is 22.7 Å². The maximum Gasteiger partial charge on any atom is 0.310 e. The molecular weight excluding hydrogens is 246 g/mol.